The molecule has 0 atom stereocenters. The number of amides is 1. The molecule has 3 rings (SSSR count). The fourth-order valence-corrected chi connectivity index (χ4v) is 3.77. The molecular weight excluding hydrogens is 386 g/mol. The maximum Gasteiger partial charge on any atom is 0.251 e. The van der Waals surface area contributed by atoms with E-state index in [4.69, 9.17) is 10.8 Å². The Morgan fingerprint density at radius 2 is 2.04 bits per heavy atom. The third-order valence-electron chi connectivity index (χ3n) is 3.50. The number of carbonyl (C=O) groups excluding carboxylic acids is 1. The van der Waals surface area contributed by atoms with Crippen LogP contribution in [0.1, 0.15) is 16.1 Å². The van der Waals surface area contributed by atoms with Crippen LogP contribution < -0.4 is 10.0 Å². The SMILES string of the molecule is C#CCNS(=O)(=O)c1ccc(C(=O)NCc2coc(-c3cccs3)n2)cc1. The zero-order valence-electron chi connectivity index (χ0n) is 14.0. The maximum atomic E-state index is 12.2. The van der Waals surface area contributed by atoms with Crippen molar-refractivity contribution in [2.75, 3.05) is 6.54 Å². The van der Waals surface area contributed by atoms with Crippen molar-refractivity contribution in [2.24, 2.45) is 0 Å². The van der Waals surface area contributed by atoms with Crippen molar-refractivity contribution >= 4 is 27.3 Å². The zero-order valence-corrected chi connectivity index (χ0v) is 15.6. The van der Waals surface area contributed by atoms with Crippen LogP contribution in [0.5, 0.6) is 0 Å². The molecule has 0 saturated carbocycles. The number of carbonyl (C=O) groups is 1. The smallest absolute Gasteiger partial charge is 0.251 e. The van der Waals surface area contributed by atoms with Crippen molar-refractivity contribution in [3.8, 4) is 23.1 Å². The van der Waals surface area contributed by atoms with Crippen LogP contribution in [0.15, 0.2) is 57.4 Å². The molecule has 0 bridgehead atoms. The summed E-state index contributed by atoms with van der Waals surface area (Å²) in [7, 11) is -3.68. The molecule has 0 radical (unpaired) electrons. The summed E-state index contributed by atoms with van der Waals surface area (Å²) in [6.45, 7) is 0.0905. The quantitative estimate of drug-likeness (QED) is 0.591. The molecule has 3 aromatic rings. The summed E-state index contributed by atoms with van der Waals surface area (Å²) < 4.78 is 31.6. The summed E-state index contributed by atoms with van der Waals surface area (Å²) in [6.07, 6.45) is 6.54. The monoisotopic (exact) mass is 401 g/mol. The molecule has 0 aliphatic rings. The van der Waals surface area contributed by atoms with Gasteiger partial charge in [-0.25, -0.2) is 13.4 Å². The Balaban J connectivity index is 1.61. The highest BCUT2D eigenvalue weighted by atomic mass is 32.2. The largest absolute Gasteiger partial charge is 0.443 e. The standard InChI is InChI=1S/C18H15N3O4S2/c1-2-9-20-27(23,24)15-7-5-13(6-8-15)17(22)19-11-14-12-25-18(21-14)16-4-3-10-26-16/h1,3-8,10,12,20H,9,11H2,(H,19,22). The topological polar surface area (TPSA) is 101 Å². The first-order valence-electron chi connectivity index (χ1n) is 7.79. The summed E-state index contributed by atoms with van der Waals surface area (Å²) in [5, 5.41) is 4.64. The van der Waals surface area contributed by atoms with Crippen LogP contribution in [0.4, 0.5) is 0 Å². The molecule has 138 valence electrons. The number of rotatable bonds is 7. The van der Waals surface area contributed by atoms with Crippen LogP contribution in [0.25, 0.3) is 10.8 Å². The van der Waals surface area contributed by atoms with Gasteiger partial charge in [0.1, 0.15) is 6.26 Å². The van der Waals surface area contributed by atoms with Crippen LogP contribution >= 0.6 is 11.3 Å². The van der Waals surface area contributed by atoms with Crippen LogP contribution in [0, 0.1) is 12.3 Å². The molecule has 7 nitrogen and oxygen atoms in total. The van der Waals surface area contributed by atoms with Gasteiger partial charge in [0.05, 0.1) is 28.6 Å². The van der Waals surface area contributed by atoms with Crippen LogP contribution in [0.2, 0.25) is 0 Å². The molecule has 0 aliphatic carbocycles. The van der Waals surface area contributed by atoms with Gasteiger partial charge in [-0.2, -0.15) is 4.72 Å². The Kier molecular flexibility index (Phi) is 5.71. The molecule has 1 amide bonds. The van der Waals surface area contributed by atoms with Crippen molar-refractivity contribution < 1.29 is 17.6 Å². The number of aromatic nitrogens is 1. The number of thiophene rings is 1. The van der Waals surface area contributed by atoms with E-state index in [1.165, 1.54) is 41.9 Å². The summed E-state index contributed by atoms with van der Waals surface area (Å²) in [4.78, 5) is 17.5. The molecular formula is C18H15N3O4S2. The Morgan fingerprint density at radius 3 is 2.70 bits per heavy atom. The van der Waals surface area contributed by atoms with Gasteiger partial charge in [0.15, 0.2) is 0 Å². The van der Waals surface area contributed by atoms with Crippen LogP contribution in [-0.2, 0) is 16.6 Å². The lowest BCUT2D eigenvalue weighted by atomic mass is 10.2. The van der Waals surface area contributed by atoms with E-state index in [2.05, 4.69) is 20.9 Å². The molecule has 27 heavy (non-hydrogen) atoms. The van der Waals surface area contributed by atoms with E-state index in [0.29, 0.717) is 17.1 Å². The second-order valence-corrected chi connectivity index (χ2v) is 8.07. The van der Waals surface area contributed by atoms with E-state index >= 15 is 0 Å². The van der Waals surface area contributed by atoms with Gasteiger partial charge in [0.2, 0.25) is 15.9 Å². The summed E-state index contributed by atoms with van der Waals surface area (Å²) in [6, 6.07) is 9.35. The second kappa shape index (κ2) is 8.18. The van der Waals surface area contributed by atoms with Crippen molar-refractivity contribution in [1.82, 2.24) is 15.0 Å². The minimum atomic E-state index is -3.68. The average Bonchev–Trinajstić information content (AvgIpc) is 3.36. The minimum Gasteiger partial charge on any atom is -0.443 e. The molecule has 2 aromatic heterocycles. The molecule has 0 fully saturated rings. The highest BCUT2D eigenvalue weighted by Crippen LogP contribution is 2.23. The predicted octanol–water partition coefficient (Wildman–Crippen LogP) is 2.24. The number of benzene rings is 1. The molecule has 2 heterocycles. The summed E-state index contributed by atoms with van der Waals surface area (Å²) in [5.74, 6) is 2.35. The van der Waals surface area contributed by atoms with Gasteiger partial charge >= 0.3 is 0 Å². The molecule has 0 aliphatic heterocycles. The van der Waals surface area contributed by atoms with Crippen LogP contribution in [0.3, 0.4) is 0 Å². The number of oxazole rings is 1. The van der Waals surface area contributed by atoms with Crippen molar-refractivity contribution in [1.29, 1.82) is 0 Å². The van der Waals surface area contributed by atoms with Gasteiger partial charge in [0, 0.05) is 5.56 Å². The van der Waals surface area contributed by atoms with Gasteiger partial charge < -0.3 is 9.73 Å². The molecule has 0 unspecified atom stereocenters. The van der Waals surface area contributed by atoms with Gasteiger partial charge in [-0.1, -0.05) is 12.0 Å². The Morgan fingerprint density at radius 1 is 1.26 bits per heavy atom. The predicted molar refractivity (Wildman–Crippen MR) is 101 cm³/mol. The number of nitrogens with one attached hydrogen (secondary N) is 2. The highest BCUT2D eigenvalue weighted by Gasteiger charge is 2.14. The normalized spacial score (nSPS) is 11.1. The maximum absolute atomic E-state index is 12.2. The summed E-state index contributed by atoms with van der Waals surface area (Å²) in [5.41, 5.74) is 0.914. The lowest BCUT2D eigenvalue weighted by Crippen LogP contribution is -2.25. The lowest BCUT2D eigenvalue weighted by Gasteiger charge is -2.06. The Bertz CT molecular complexity index is 1060. The van der Waals surface area contributed by atoms with Crippen molar-refractivity contribution in [2.45, 2.75) is 11.4 Å². The van der Waals surface area contributed by atoms with E-state index in [-0.39, 0.29) is 23.9 Å². The number of nitrogens with zero attached hydrogens (tertiary/aromatic N) is 1. The third kappa shape index (κ3) is 4.62. The molecule has 1 aromatic carbocycles. The lowest BCUT2D eigenvalue weighted by molar-refractivity contribution is 0.0950. The summed E-state index contributed by atoms with van der Waals surface area (Å²) >= 11 is 1.51. The van der Waals surface area contributed by atoms with E-state index in [1.54, 1.807) is 0 Å². The number of hydrogen-bond donors (Lipinski definition) is 2. The second-order valence-electron chi connectivity index (χ2n) is 5.36. The Hall–Kier alpha value is -2.93. The molecule has 0 saturated heterocycles. The third-order valence-corrected chi connectivity index (χ3v) is 5.78. The fourth-order valence-electron chi connectivity index (χ4n) is 2.18. The van der Waals surface area contributed by atoms with Gasteiger partial charge in [-0.3, -0.25) is 4.79 Å². The molecule has 0 spiro atoms. The van der Waals surface area contributed by atoms with E-state index in [9.17, 15) is 13.2 Å². The van der Waals surface area contributed by atoms with E-state index in [0.717, 1.165) is 4.88 Å². The van der Waals surface area contributed by atoms with Crippen LogP contribution in [-0.4, -0.2) is 25.9 Å². The average molecular weight is 401 g/mol. The first-order chi connectivity index (χ1) is 13.0. The van der Waals surface area contributed by atoms with Gasteiger partial charge in [0.25, 0.3) is 5.91 Å². The first-order valence-corrected chi connectivity index (χ1v) is 10.2. The highest BCUT2D eigenvalue weighted by molar-refractivity contribution is 7.89. The van der Waals surface area contributed by atoms with Gasteiger partial charge in [-0.15, -0.1) is 17.8 Å². The number of sulfonamides is 1. The molecule has 2 N–H and O–H groups in total. The minimum absolute atomic E-state index is 0.0337. The number of terminal acetylenes is 1. The van der Waals surface area contributed by atoms with Crippen molar-refractivity contribution in [3.63, 3.8) is 0 Å². The Labute approximate surface area is 160 Å². The fraction of sp³-hybridized carbons (Fsp3) is 0.111. The van der Waals surface area contributed by atoms with E-state index < -0.39 is 10.0 Å². The van der Waals surface area contributed by atoms with E-state index in [1.807, 2.05) is 17.5 Å². The van der Waals surface area contributed by atoms with Crippen molar-refractivity contribution in [3.05, 3.63) is 59.3 Å². The first kappa shape index (κ1) is 18.8. The molecule has 9 heteroatoms. The van der Waals surface area contributed by atoms with Gasteiger partial charge in [-0.05, 0) is 35.7 Å². The zero-order chi connectivity index (χ0) is 19.3. The number of hydrogen-bond acceptors (Lipinski definition) is 6.